The summed E-state index contributed by atoms with van der Waals surface area (Å²) in [6.45, 7) is 5.23. The molecule has 1 aliphatic heterocycles. The lowest BCUT2D eigenvalue weighted by atomic mass is 9.96. The Morgan fingerprint density at radius 3 is 1.62 bits per heavy atom. The summed E-state index contributed by atoms with van der Waals surface area (Å²) in [5, 5.41) is 0. The molecular weight excluding hydrogens is 336 g/mol. The van der Waals surface area contributed by atoms with Crippen LogP contribution in [0.25, 0.3) is 0 Å². The quantitative estimate of drug-likeness (QED) is 0.674. The van der Waals surface area contributed by atoms with Gasteiger partial charge in [-0.15, -0.1) is 0 Å². The largest absolute Gasteiger partial charge is 0.365 e. The fraction of sp³-hybridized carbons (Fsp3) is 0.350. The predicted molar refractivity (Wildman–Crippen MR) is 94.7 cm³/mol. The van der Waals surface area contributed by atoms with Gasteiger partial charge in [0.15, 0.2) is 6.04 Å². The monoisotopic (exact) mass is 361 g/mol. The Morgan fingerprint density at radius 2 is 1.23 bits per heavy atom. The second-order valence-electron chi connectivity index (χ2n) is 6.98. The van der Waals surface area contributed by atoms with Crippen molar-refractivity contribution in [2.45, 2.75) is 19.0 Å². The Hall–Kier alpha value is -2.31. The van der Waals surface area contributed by atoms with E-state index >= 15 is 0 Å². The zero-order chi connectivity index (χ0) is 18.7. The third-order valence-electron chi connectivity index (χ3n) is 5.39. The van der Waals surface area contributed by atoms with E-state index in [1.807, 2.05) is 6.92 Å². The molecule has 1 atom stereocenters. The van der Waals surface area contributed by atoms with Gasteiger partial charge in [0.05, 0.1) is 0 Å². The first-order valence-corrected chi connectivity index (χ1v) is 8.95. The second kappa shape index (κ2) is 7.93. The lowest BCUT2D eigenvalue weighted by molar-refractivity contribution is -1.03. The first-order valence-electron chi connectivity index (χ1n) is 8.95. The Kier molecular flexibility index (Phi) is 5.64. The van der Waals surface area contributed by atoms with Crippen LogP contribution in [0.1, 0.15) is 24.1 Å². The molecule has 0 bridgehead atoms. The highest BCUT2D eigenvalue weighted by Crippen LogP contribution is 2.20. The van der Waals surface area contributed by atoms with Gasteiger partial charge in [0, 0.05) is 11.1 Å². The fourth-order valence-corrected chi connectivity index (χ4v) is 3.79. The Morgan fingerprint density at radius 1 is 0.846 bits per heavy atom. The third kappa shape index (κ3) is 4.08. The van der Waals surface area contributed by atoms with Crippen molar-refractivity contribution in [2.24, 2.45) is 5.73 Å². The summed E-state index contributed by atoms with van der Waals surface area (Å²) < 4.78 is 26.7. The number of rotatable bonds is 5. The Balaban J connectivity index is 1.84. The Labute approximate surface area is 152 Å². The highest BCUT2D eigenvalue weighted by Gasteiger charge is 2.34. The van der Waals surface area contributed by atoms with Crippen LogP contribution in [0, 0.1) is 11.6 Å². The minimum atomic E-state index is -0.280. The van der Waals surface area contributed by atoms with Gasteiger partial charge in [-0.1, -0.05) is 0 Å². The number of primary amides is 1. The van der Waals surface area contributed by atoms with Gasteiger partial charge in [0.1, 0.15) is 43.9 Å². The van der Waals surface area contributed by atoms with Crippen LogP contribution in [0.4, 0.5) is 8.78 Å². The standard InChI is InChI=1S/C20H23F2N3O/c1-14(20(23)26)24-10-12-25(13-11-24)19(15-2-6-17(21)7-3-15)16-4-8-18(22)9-5-16/h2-9,14,19H,10-13H2,1H3,(H2,23,26)/p+2/t14-/m1/s1. The number of quaternary nitrogens is 2. The van der Waals surface area contributed by atoms with Crippen LogP contribution in [0.5, 0.6) is 0 Å². The molecule has 2 aromatic carbocycles. The molecule has 0 unspecified atom stereocenters. The number of amides is 1. The molecule has 1 fully saturated rings. The number of nitrogens with two attached hydrogens (primary N) is 1. The van der Waals surface area contributed by atoms with E-state index in [0.29, 0.717) is 0 Å². The summed E-state index contributed by atoms with van der Waals surface area (Å²) in [5.74, 6) is -0.825. The molecule has 0 aliphatic carbocycles. The van der Waals surface area contributed by atoms with E-state index < -0.39 is 0 Å². The zero-order valence-corrected chi connectivity index (χ0v) is 14.8. The lowest BCUT2D eigenvalue weighted by Crippen LogP contribution is -3.30. The average molecular weight is 361 g/mol. The van der Waals surface area contributed by atoms with Crippen LogP contribution in [0.15, 0.2) is 48.5 Å². The molecule has 0 radical (unpaired) electrons. The summed E-state index contributed by atoms with van der Waals surface area (Å²) in [6.07, 6.45) is 0. The number of hydrogen-bond donors (Lipinski definition) is 3. The molecule has 0 aromatic heterocycles. The van der Waals surface area contributed by atoms with Crippen molar-refractivity contribution in [3.63, 3.8) is 0 Å². The van der Waals surface area contributed by atoms with E-state index in [9.17, 15) is 13.6 Å². The predicted octanol–water partition coefficient (Wildman–Crippen LogP) is -0.289. The van der Waals surface area contributed by atoms with E-state index in [1.165, 1.54) is 34.1 Å². The van der Waals surface area contributed by atoms with Crippen molar-refractivity contribution < 1.29 is 23.4 Å². The van der Waals surface area contributed by atoms with Gasteiger partial charge in [-0.3, -0.25) is 4.79 Å². The fourth-order valence-electron chi connectivity index (χ4n) is 3.79. The minimum Gasteiger partial charge on any atom is -0.365 e. The highest BCUT2D eigenvalue weighted by atomic mass is 19.1. The zero-order valence-electron chi connectivity index (χ0n) is 14.8. The average Bonchev–Trinajstić information content (AvgIpc) is 2.65. The Bertz CT molecular complexity index is 695. The molecule has 1 amide bonds. The highest BCUT2D eigenvalue weighted by molar-refractivity contribution is 5.77. The van der Waals surface area contributed by atoms with Crippen molar-refractivity contribution in [1.29, 1.82) is 0 Å². The van der Waals surface area contributed by atoms with Crippen LogP contribution in [0.3, 0.4) is 0 Å². The molecule has 6 heteroatoms. The van der Waals surface area contributed by atoms with E-state index in [2.05, 4.69) is 0 Å². The molecule has 0 saturated carbocycles. The third-order valence-corrected chi connectivity index (χ3v) is 5.39. The first kappa shape index (κ1) is 18.5. The van der Waals surface area contributed by atoms with Crippen molar-refractivity contribution >= 4 is 5.91 Å². The maximum absolute atomic E-state index is 13.4. The molecule has 138 valence electrons. The maximum atomic E-state index is 13.4. The number of hydrogen-bond acceptors (Lipinski definition) is 1. The molecular formula is C20H25F2N3O+2. The van der Waals surface area contributed by atoms with Crippen LogP contribution >= 0.6 is 0 Å². The molecule has 2 aromatic rings. The molecule has 1 saturated heterocycles. The van der Waals surface area contributed by atoms with Crippen molar-refractivity contribution in [3.8, 4) is 0 Å². The smallest absolute Gasteiger partial charge is 0.275 e. The van der Waals surface area contributed by atoms with Gasteiger partial charge in [-0.2, -0.15) is 0 Å². The van der Waals surface area contributed by atoms with Crippen LogP contribution in [-0.4, -0.2) is 38.1 Å². The number of piperazine rings is 1. The molecule has 1 aliphatic rings. The molecule has 4 nitrogen and oxygen atoms in total. The van der Waals surface area contributed by atoms with Crippen molar-refractivity contribution in [3.05, 3.63) is 71.3 Å². The van der Waals surface area contributed by atoms with Gasteiger partial charge in [-0.25, -0.2) is 8.78 Å². The first-order chi connectivity index (χ1) is 12.5. The van der Waals surface area contributed by atoms with Gasteiger partial charge in [0.25, 0.3) is 5.91 Å². The van der Waals surface area contributed by atoms with E-state index in [4.69, 9.17) is 5.73 Å². The van der Waals surface area contributed by atoms with Crippen molar-refractivity contribution in [1.82, 2.24) is 0 Å². The lowest BCUT2D eigenvalue weighted by Gasteiger charge is -2.36. The summed E-state index contributed by atoms with van der Waals surface area (Å²) >= 11 is 0. The summed E-state index contributed by atoms with van der Waals surface area (Å²) in [7, 11) is 0. The van der Waals surface area contributed by atoms with E-state index in [1.54, 1.807) is 24.3 Å². The van der Waals surface area contributed by atoms with Gasteiger partial charge in [-0.05, 0) is 55.5 Å². The minimum absolute atomic E-state index is 0.00151. The molecule has 3 rings (SSSR count). The number of nitrogens with one attached hydrogen (secondary N) is 2. The molecule has 4 N–H and O–H groups in total. The molecule has 0 spiro atoms. The SMILES string of the molecule is C[C@H](C(N)=O)[NH+]1CC[NH+](C(c2ccc(F)cc2)c2ccc(F)cc2)CC1. The van der Waals surface area contributed by atoms with Crippen LogP contribution in [0.2, 0.25) is 0 Å². The number of halogens is 2. The number of carbonyl (C=O) groups is 1. The number of carbonyl (C=O) groups excluding carboxylic acids is 1. The van der Waals surface area contributed by atoms with Crippen LogP contribution in [-0.2, 0) is 4.79 Å². The maximum Gasteiger partial charge on any atom is 0.275 e. The number of benzene rings is 2. The summed E-state index contributed by atoms with van der Waals surface area (Å²) in [4.78, 5) is 14.0. The van der Waals surface area contributed by atoms with E-state index in [-0.39, 0.29) is 29.6 Å². The van der Waals surface area contributed by atoms with Gasteiger partial charge >= 0.3 is 0 Å². The van der Waals surface area contributed by atoms with Gasteiger partial charge < -0.3 is 15.5 Å². The normalized spacial score (nSPS) is 21.5. The van der Waals surface area contributed by atoms with Crippen LogP contribution < -0.4 is 15.5 Å². The summed E-state index contributed by atoms with van der Waals surface area (Å²) in [6, 6.07) is 12.8. The van der Waals surface area contributed by atoms with Gasteiger partial charge in [0.2, 0.25) is 0 Å². The second-order valence-corrected chi connectivity index (χ2v) is 6.98. The van der Waals surface area contributed by atoms with Crippen molar-refractivity contribution in [2.75, 3.05) is 26.2 Å². The molecule has 1 heterocycles. The van der Waals surface area contributed by atoms with E-state index in [0.717, 1.165) is 37.3 Å². The summed E-state index contributed by atoms with van der Waals surface area (Å²) in [5.41, 5.74) is 7.43. The molecule has 26 heavy (non-hydrogen) atoms. The topological polar surface area (TPSA) is 52.0 Å².